The molecule has 0 aromatic heterocycles. The van der Waals surface area contributed by atoms with Gasteiger partial charge in [-0.1, -0.05) is 25.5 Å². The van der Waals surface area contributed by atoms with Crippen molar-refractivity contribution in [3.63, 3.8) is 0 Å². The minimum absolute atomic E-state index is 0.131. The first-order valence-corrected chi connectivity index (χ1v) is 7.01. The first kappa shape index (κ1) is 13.9. The van der Waals surface area contributed by atoms with E-state index in [4.69, 9.17) is 5.73 Å². The lowest BCUT2D eigenvalue weighted by Gasteiger charge is -2.12. The maximum absolute atomic E-state index is 11.8. The van der Waals surface area contributed by atoms with Crippen molar-refractivity contribution in [2.45, 2.75) is 32.7 Å². The molecular weight excluding hydrogens is 238 g/mol. The van der Waals surface area contributed by atoms with Crippen molar-refractivity contribution in [3.05, 3.63) is 29.8 Å². The second kappa shape index (κ2) is 6.57. The number of hydrogen-bond donors (Lipinski definition) is 3. The van der Waals surface area contributed by atoms with Gasteiger partial charge in [0, 0.05) is 18.8 Å². The Morgan fingerprint density at radius 3 is 2.95 bits per heavy atom. The largest absolute Gasteiger partial charge is 0.338 e. The van der Waals surface area contributed by atoms with Crippen LogP contribution in [0.4, 0.5) is 10.5 Å². The number of nitrogens with one attached hydrogen (secondary N) is 2. The smallest absolute Gasteiger partial charge is 0.319 e. The van der Waals surface area contributed by atoms with Gasteiger partial charge >= 0.3 is 6.03 Å². The van der Waals surface area contributed by atoms with Crippen LogP contribution >= 0.6 is 0 Å². The Labute approximate surface area is 114 Å². The van der Waals surface area contributed by atoms with Gasteiger partial charge < -0.3 is 16.4 Å². The fraction of sp³-hybridized carbons (Fsp3) is 0.533. The van der Waals surface area contributed by atoms with E-state index in [1.54, 1.807) is 0 Å². The van der Waals surface area contributed by atoms with Gasteiger partial charge in [0.15, 0.2) is 0 Å². The number of benzene rings is 1. The van der Waals surface area contributed by atoms with E-state index in [1.165, 1.54) is 19.3 Å². The van der Waals surface area contributed by atoms with Crippen LogP contribution in [-0.2, 0) is 6.54 Å². The topological polar surface area (TPSA) is 67.2 Å². The summed E-state index contributed by atoms with van der Waals surface area (Å²) in [6.07, 6.45) is 3.74. The summed E-state index contributed by atoms with van der Waals surface area (Å²) in [5, 5.41) is 5.80. The number of amides is 2. The summed E-state index contributed by atoms with van der Waals surface area (Å²) in [6.45, 7) is 3.53. The molecule has 0 saturated heterocycles. The molecule has 1 aliphatic carbocycles. The van der Waals surface area contributed by atoms with Gasteiger partial charge in [0.25, 0.3) is 0 Å². The molecule has 1 fully saturated rings. The normalized spacial score (nSPS) is 22.2. The zero-order chi connectivity index (χ0) is 13.7. The van der Waals surface area contributed by atoms with E-state index in [0.29, 0.717) is 12.5 Å². The maximum atomic E-state index is 11.8. The average molecular weight is 261 g/mol. The molecule has 0 spiro atoms. The Hall–Kier alpha value is -1.55. The quantitative estimate of drug-likeness (QED) is 0.780. The van der Waals surface area contributed by atoms with E-state index >= 15 is 0 Å². The van der Waals surface area contributed by atoms with Gasteiger partial charge in [0.05, 0.1) is 0 Å². The van der Waals surface area contributed by atoms with E-state index in [-0.39, 0.29) is 6.03 Å². The zero-order valence-electron chi connectivity index (χ0n) is 11.5. The number of carbonyl (C=O) groups excluding carboxylic acids is 1. The minimum atomic E-state index is -0.131. The van der Waals surface area contributed by atoms with Gasteiger partial charge in [0.2, 0.25) is 0 Å². The summed E-state index contributed by atoms with van der Waals surface area (Å²) < 4.78 is 0. The van der Waals surface area contributed by atoms with E-state index in [2.05, 4.69) is 17.6 Å². The molecule has 1 aromatic rings. The Morgan fingerprint density at radius 1 is 1.42 bits per heavy atom. The molecule has 4 N–H and O–H groups in total. The molecule has 4 heteroatoms. The van der Waals surface area contributed by atoms with E-state index in [0.717, 1.165) is 23.7 Å². The molecule has 0 aliphatic heterocycles. The molecule has 104 valence electrons. The van der Waals surface area contributed by atoms with Gasteiger partial charge in [-0.2, -0.15) is 0 Å². The van der Waals surface area contributed by atoms with Gasteiger partial charge in [-0.05, 0) is 42.4 Å². The van der Waals surface area contributed by atoms with Crippen molar-refractivity contribution in [3.8, 4) is 0 Å². The lowest BCUT2D eigenvalue weighted by Crippen LogP contribution is -2.32. The summed E-state index contributed by atoms with van der Waals surface area (Å²) in [7, 11) is 0. The molecule has 4 nitrogen and oxygen atoms in total. The van der Waals surface area contributed by atoms with Crippen LogP contribution in [0.3, 0.4) is 0 Å². The molecule has 2 unspecified atom stereocenters. The van der Waals surface area contributed by atoms with Crippen molar-refractivity contribution in [2.75, 3.05) is 11.9 Å². The Bertz CT molecular complexity index is 433. The lowest BCUT2D eigenvalue weighted by molar-refractivity contribution is 0.250. The van der Waals surface area contributed by atoms with E-state index in [1.807, 2.05) is 24.3 Å². The molecule has 19 heavy (non-hydrogen) atoms. The summed E-state index contributed by atoms with van der Waals surface area (Å²) >= 11 is 0. The summed E-state index contributed by atoms with van der Waals surface area (Å²) in [5.41, 5.74) is 7.38. The highest BCUT2D eigenvalue weighted by Gasteiger charge is 2.21. The molecule has 2 amide bonds. The molecular formula is C15H23N3O. The summed E-state index contributed by atoms with van der Waals surface area (Å²) in [6, 6.07) is 7.49. The van der Waals surface area contributed by atoms with E-state index < -0.39 is 0 Å². The van der Waals surface area contributed by atoms with Crippen LogP contribution in [-0.4, -0.2) is 12.6 Å². The van der Waals surface area contributed by atoms with Crippen LogP contribution in [0.1, 0.15) is 31.7 Å². The predicted molar refractivity (Wildman–Crippen MR) is 77.9 cm³/mol. The third kappa shape index (κ3) is 4.24. The molecule has 1 aromatic carbocycles. The van der Waals surface area contributed by atoms with Gasteiger partial charge in [0.1, 0.15) is 0 Å². The molecule has 1 saturated carbocycles. The Balaban J connectivity index is 1.77. The molecule has 1 aliphatic rings. The third-order valence-electron chi connectivity index (χ3n) is 3.78. The summed E-state index contributed by atoms with van der Waals surface area (Å²) in [4.78, 5) is 11.8. The summed E-state index contributed by atoms with van der Waals surface area (Å²) in [5.74, 6) is 1.44. The molecule has 2 atom stereocenters. The van der Waals surface area contributed by atoms with Crippen molar-refractivity contribution < 1.29 is 4.79 Å². The third-order valence-corrected chi connectivity index (χ3v) is 3.78. The number of anilines is 1. The lowest BCUT2D eigenvalue weighted by atomic mass is 10.1. The number of hydrogen-bond acceptors (Lipinski definition) is 2. The van der Waals surface area contributed by atoms with Gasteiger partial charge in [-0.15, -0.1) is 0 Å². The fourth-order valence-electron chi connectivity index (χ4n) is 2.70. The van der Waals surface area contributed by atoms with Gasteiger partial charge in [-0.25, -0.2) is 4.79 Å². The first-order valence-electron chi connectivity index (χ1n) is 7.01. The molecule has 0 bridgehead atoms. The van der Waals surface area contributed by atoms with Crippen LogP contribution in [0, 0.1) is 11.8 Å². The minimum Gasteiger partial charge on any atom is -0.338 e. The highest BCUT2D eigenvalue weighted by Crippen LogP contribution is 2.29. The SMILES string of the molecule is CC1CCC(CNC(=O)Nc2cccc(CN)c2)C1. The second-order valence-electron chi connectivity index (χ2n) is 5.52. The van der Waals surface area contributed by atoms with Crippen molar-refractivity contribution in [1.82, 2.24) is 5.32 Å². The van der Waals surface area contributed by atoms with Gasteiger partial charge in [-0.3, -0.25) is 0 Å². The van der Waals surface area contributed by atoms with Crippen LogP contribution in [0.5, 0.6) is 0 Å². The standard InChI is InChI=1S/C15H23N3O/c1-11-5-6-13(7-11)10-17-15(19)18-14-4-2-3-12(8-14)9-16/h2-4,8,11,13H,5-7,9-10,16H2,1H3,(H2,17,18,19). The predicted octanol–water partition coefficient (Wildman–Crippen LogP) is 2.70. The van der Waals surface area contributed by atoms with E-state index in [9.17, 15) is 4.79 Å². The monoisotopic (exact) mass is 261 g/mol. The first-order chi connectivity index (χ1) is 9.17. The number of nitrogens with two attached hydrogens (primary N) is 1. The van der Waals surface area contributed by atoms with Crippen LogP contribution < -0.4 is 16.4 Å². The highest BCUT2D eigenvalue weighted by molar-refractivity contribution is 5.89. The molecule has 0 radical (unpaired) electrons. The molecule has 2 rings (SSSR count). The maximum Gasteiger partial charge on any atom is 0.319 e. The highest BCUT2D eigenvalue weighted by atomic mass is 16.2. The fourth-order valence-corrected chi connectivity index (χ4v) is 2.70. The number of urea groups is 1. The van der Waals surface area contributed by atoms with Crippen molar-refractivity contribution >= 4 is 11.7 Å². The molecule has 0 heterocycles. The number of carbonyl (C=O) groups is 1. The van der Waals surface area contributed by atoms with Crippen LogP contribution in [0.15, 0.2) is 24.3 Å². The van der Waals surface area contributed by atoms with Crippen molar-refractivity contribution in [2.24, 2.45) is 17.6 Å². The Kier molecular flexibility index (Phi) is 4.80. The van der Waals surface area contributed by atoms with Crippen LogP contribution in [0.25, 0.3) is 0 Å². The Morgan fingerprint density at radius 2 is 2.26 bits per heavy atom. The van der Waals surface area contributed by atoms with Crippen molar-refractivity contribution in [1.29, 1.82) is 0 Å². The van der Waals surface area contributed by atoms with Crippen LogP contribution in [0.2, 0.25) is 0 Å². The average Bonchev–Trinajstić information content (AvgIpc) is 2.82. The zero-order valence-corrected chi connectivity index (χ0v) is 11.5. The second-order valence-corrected chi connectivity index (χ2v) is 5.52. The number of rotatable bonds is 4.